The van der Waals surface area contributed by atoms with Gasteiger partial charge in [0, 0.05) is 0 Å². The molecule has 0 saturated carbocycles. The molecule has 1 rings (SSSR count). The Balaban J connectivity index is 3.00. The van der Waals surface area contributed by atoms with E-state index in [9.17, 15) is 9.18 Å². The van der Waals surface area contributed by atoms with Crippen molar-refractivity contribution in [1.82, 2.24) is 9.55 Å². The second-order valence-corrected chi connectivity index (χ2v) is 3.99. The fourth-order valence-electron chi connectivity index (χ4n) is 0.952. The van der Waals surface area contributed by atoms with Gasteiger partial charge in [0.15, 0.2) is 0 Å². The maximum atomic E-state index is 12.0. The van der Waals surface area contributed by atoms with Crippen molar-refractivity contribution in [3.8, 4) is 0 Å². The van der Waals surface area contributed by atoms with Crippen molar-refractivity contribution < 1.29 is 9.50 Å². The fraction of sp³-hybridized carbons (Fsp3) is 0.500. The smallest absolute Gasteiger partial charge is 0.267 e. The average molecular weight is 312 g/mol. The van der Waals surface area contributed by atoms with Gasteiger partial charge in [-0.05, 0) is 29.5 Å². The Hall–Kier alpha value is -0.500. The molecule has 0 aromatic carbocycles. The van der Waals surface area contributed by atoms with Crippen molar-refractivity contribution in [1.29, 1.82) is 0 Å². The molecule has 1 unspecified atom stereocenters. The highest BCUT2D eigenvalue weighted by Crippen LogP contribution is 2.01. The van der Waals surface area contributed by atoms with Crippen LogP contribution in [0.25, 0.3) is 0 Å². The van der Waals surface area contributed by atoms with Crippen LogP contribution in [0, 0.1) is 10.5 Å². The summed E-state index contributed by atoms with van der Waals surface area (Å²) in [6.07, 6.45) is 0.173. The Bertz CT molecular complexity index is 380. The van der Waals surface area contributed by atoms with Gasteiger partial charge < -0.3 is 5.11 Å². The molecule has 0 bridgehead atoms. The second-order valence-electron chi connectivity index (χ2n) is 2.91. The SMILES string of the molecule is Cc1ncn(CC(O)CF)c(=O)c1I. The number of alkyl halides is 1. The lowest BCUT2D eigenvalue weighted by Crippen LogP contribution is -2.30. The molecular formula is C8H10FIN2O2. The number of aromatic nitrogens is 2. The first kappa shape index (κ1) is 11.6. The van der Waals surface area contributed by atoms with Gasteiger partial charge in [0.25, 0.3) is 5.56 Å². The predicted octanol–water partition coefficient (Wildman–Crippen LogP) is 0.487. The van der Waals surface area contributed by atoms with Crippen LogP contribution >= 0.6 is 22.6 Å². The number of rotatable bonds is 3. The fourth-order valence-corrected chi connectivity index (χ4v) is 1.40. The number of nitrogens with zero attached hydrogens (tertiary/aromatic N) is 2. The van der Waals surface area contributed by atoms with Gasteiger partial charge >= 0.3 is 0 Å². The Morgan fingerprint density at radius 1 is 1.79 bits per heavy atom. The molecule has 1 aromatic heterocycles. The molecule has 0 saturated heterocycles. The molecule has 6 heteroatoms. The first-order chi connectivity index (χ1) is 6.56. The molecule has 0 aliphatic heterocycles. The molecule has 78 valence electrons. The van der Waals surface area contributed by atoms with Crippen LogP contribution in [-0.4, -0.2) is 27.4 Å². The molecule has 0 spiro atoms. The van der Waals surface area contributed by atoms with Gasteiger partial charge in [0.2, 0.25) is 0 Å². The Morgan fingerprint density at radius 2 is 2.43 bits per heavy atom. The second kappa shape index (κ2) is 4.83. The summed E-state index contributed by atoms with van der Waals surface area (Å²) >= 11 is 1.88. The van der Waals surface area contributed by atoms with E-state index in [2.05, 4.69) is 4.98 Å². The van der Waals surface area contributed by atoms with Gasteiger partial charge in [-0.25, -0.2) is 9.37 Å². The molecule has 14 heavy (non-hydrogen) atoms. The quantitative estimate of drug-likeness (QED) is 0.827. The maximum absolute atomic E-state index is 12.0. The molecule has 1 aromatic rings. The number of hydrogen-bond donors (Lipinski definition) is 1. The highest BCUT2D eigenvalue weighted by atomic mass is 127. The van der Waals surface area contributed by atoms with Crippen LogP contribution in [0.3, 0.4) is 0 Å². The lowest BCUT2D eigenvalue weighted by Gasteiger charge is -2.09. The van der Waals surface area contributed by atoms with E-state index in [1.807, 2.05) is 22.6 Å². The lowest BCUT2D eigenvalue weighted by molar-refractivity contribution is 0.120. The van der Waals surface area contributed by atoms with Crippen molar-refractivity contribution in [3.05, 3.63) is 25.9 Å². The zero-order chi connectivity index (χ0) is 10.7. The summed E-state index contributed by atoms with van der Waals surface area (Å²) in [6, 6.07) is 0. The van der Waals surface area contributed by atoms with Gasteiger partial charge in [-0.15, -0.1) is 0 Å². The molecule has 0 aliphatic rings. The van der Waals surface area contributed by atoms with Crippen LogP contribution in [0.15, 0.2) is 11.1 Å². The third kappa shape index (κ3) is 2.50. The molecule has 0 fully saturated rings. The Morgan fingerprint density at radius 3 is 3.00 bits per heavy atom. The summed E-state index contributed by atoms with van der Waals surface area (Å²) in [5.41, 5.74) is 0.396. The van der Waals surface area contributed by atoms with Crippen molar-refractivity contribution in [3.63, 3.8) is 0 Å². The molecule has 1 N–H and O–H groups in total. The summed E-state index contributed by atoms with van der Waals surface area (Å²) in [5, 5.41) is 9.03. The predicted molar refractivity (Wildman–Crippen MR) is 57.9 cm³/mol. The average Bonchev–Trinajstić information content (AvgIpc) is 2.19. The molecule has 0 amide bonds. The Kier molecular flexibility index (Phi) is 3.99. The van der Waals surface area contributed by atoms with Crippen LogP contribution in [0.1, 0.15) is 5.69 Å². The zero-order valence-electron chi connectivity index (χ0n) is 7.57. The summed E-state index contributed by atoms with van der Waals surface area (Å²) in [4.78, 5) is 15.5. The molecule has 4 nitrogen and oxygen atoms in total. The van der Waals surface area contributed by atoms with Gasteiger partial charge in [0.05, 0.1) is 22.1 Å². The maximum Gasteiger partial charge on any atom is 0.267 e. The highest BCUT2D eigenvalue weighted by Gasteiger charge is 2.09. The monoisotopic (exact) mass is 312 g/mol. The van der Waals surface area contributed by atoms with Crippen LogP contribution in [0.2, 0.25) is 0 Å². The minimum atomic E-state index is -1.15. The number of halogens is 2. The van der Waals surface area contributed by atoms with Crippen LogP contribution < -0.4 is 5.56 Å². The summed E-state index contributed by atoms with van der Waals surface area (Å²) in [6.45, 7) is 0.800. The lowest BCUT2D eigenvalue weighted by atomic mass is 10.4. The van der Waals surface area contributed by atoms with E-state index in [0.29, 0.717) is 9.26 Å². The normalized spacial score (nSPS) is 12.9. The molecule has 0 aliphatic carbocycles. The van der Waals surface area contributed by atoms with Crippen molar-refractivity contribution in [2.75, 3.05) is 6.67 Å². The van der Waals surface area contributed by atoms with E-state index in [1.165, 1.54) is 10.9 Å². The zero-order valence-corrected chi connectivity index (χ0v) is 9.73. The van der Waals surface area contributed by atoms with Gasteiger partial charge in [-0.1, -0.05) is 0 Å². The van der Waals surface area contributed by atoms with Crippen molar-refractivity contribution in [2.24, 2.45) is 0 Å². The van der Waals surface area contributed by atoms with Crippen molar-refractivity contribution >= 4 is 22.6 Å². The molecule has 0 radical (unpaired) electrons. The standard InChI is InChI=1S/C8H10FIN2O2/c1-5-7(10)8(14)12(4-11-5)3-6(13)2-9/h4,6,13H,2-3H2,1H3. The molecule has 1 atom stereocenters. The summed E-state index contributed by atoms with van der Waals surface area (Å²) in [5.74, 6) is 0. The number of aryl methyl sites for hydroxylation is 1. The van der Waals surface area contributed by atoms with Crippen molar-refractivity contribution in [2.45, 2.75) is 19.6 Å². The summed E-state index contributed by atoms with van der Waals surface area (Å²) < 4.78 is 13.7. The first-order valence-corrected chi connectivity index (χ1v) is 5.09. The summed E-state index contributed by atoms with van der Waals surface area (Å²) in [7, 11) is 0. The van der Waals surface area contributed by atoms with Gasteiger partial charge in [-0.2, -0.15) is 0 Å². The van der Waals surface area contributed by atoms with E-state index < -0.39 is 12.8 Å². The largest absolute Gasteiger partial charge is 0.389 e. The van der Waals surface area contributed by atoms with E-state index in [-0.39, 0.29) is 12.1 Å². The number of hydrogen-bond acceptors (Lipinski definition) is 3. The first-order valence-electron chi connectivity index (χ1n) is 4.01. The van der Waals surface area contributed by atoms with Crippen LogP contribution in [0.5, 0.6) is 0 Å². The Labute approximate surface area is 93.9 Å². The molecular weight excluding hydrogens is 302 g/mol. The highest BCUT2D eigenvalue weighted by molar-refractivity contribution is 14.1. The van der Waals surface area contributed by atoms with E-state index in [4.69, 9.17) is 5.11 Å². The van der Waals surface area contributed by atoms with Crippen LogP contribution in [-0.2, 0) is 6.54 Å². The third-order valence-electron chi connectivity index (χ3n) is 1.74. The molecule has 1 heterocycles. The van der Waals surface area contributed by atoms with E-state index in [0.717, 1.165) is 0 Å². The third-order valence-corrected chi connectivity index (χ3v) is 2.98. The van der Waals surface area contributed by atoms with Gasteiger partial charge in [-0.3, -0.25) is 9.36 Å². The minimum absolute atomic E-state index is 0.0569. The van der Waals surface area contributed by atoms with Gasteiger partial charge in [0.1, 0.15) is 12.8 Å². The minimum Gasteiger partial charge on any atom is -0.389 e. The van der Waals surface area contributed by atoms with Crippen LogP contribution in [0.4, 0.5) is 4.39 Å². The number of aliphatic hydroxyl groups excluding tert-OH is 1. The number of aliphatic hydroxyl groups is 1. The topological polar surface area (TPSA) is 55.1 Å². The van der Waals surface area contributed by atoms with E-state index >= 15 is 0 Å². The van der Waals surface area contributed by atoms with E-state index in [1.54, 1.807) is 6.92 Å².